The van der Waals surface area contributed by atoms with E-state index in [4.69, 9.17) is 4.74 Å². The molecule has 1 aliphatic rings. The first-order valence-electron chi connectivity index (χ1n) is 8.81. The minimum absolute atomic E-state index is 0.140. The van der Waals surface area contributed by atoms with E-state index in [1.165, 1.54) is 16.7 Å². The standard InChI is InChI=1S/C17H22N2O4S.C2H6/c1-23-13-5-3-12(4-6-13)7-9-18-15(20)8-10-19-16(21)11-14(24-2)17(19)22;1-2/h3-6,14H,7-11H2,1-2H3,(H,18,20);1-2H3. The summed E-state index contributed by atoms with van der Waals surface area (Å²) in [5.74, 6) is 0.270. The molecule has 144 valence electrons. The van der Waals surface area contributed by atoms with Gasteiger partial charge in [0.25, 0.3) is 0 Å². The molecule has 3 amide bonds. The topological polar surface area (TPSA) is 75.7 Å². The molecule has 7 heteroatoms. The summed E-state index contributed by atoms with van der Waals surface area (Å²) < 4.78 is 5.09. The fourth-order valence-corrected chi connectivity index (χ4v) is 3.15. The Bertz CT molecular complexity index is 604. The third kappa shape index (κ3) is 6.37. The molecule has 1 aliphatic heterocycles. The molecule has 1 aromatic carbocycles. The average Bonchev–Trinajstić information content (AvgIpc) is 2.95. The van der Waals surface area contributed by atoms with E-state index in [1.54, 1.807) is 7.11 Å². The summed E-state index contributed by atoms with van der Waals surface area (Å²) in [7, 11) is 1.62. The van der Waals surface area contributed by atoms with Crippen molar-refractivity contribution in [3.63, 3.8) is 0 Å². The summed E-state index contributed by atoms with van der Waals surface area (Å²) in [5, 5.41) is 2.52. The van der Waals surface area contributed by atoms with E-state index in [2.05, 4.69) is 5.32 Å². The van der Waals surface area contributed by atoms with Crippen molar-refractivity contribution in [1.82, 2.24) is 10.2 Å². The number of carbonyl (C=O) groups excluding carboxylic acids is 3. The average molecular weight is 381 g/mol. The second-order valence-electron chi connectivity index (χ2n) is 5.51. The van der Waals surface area contributed by atoms with Crippen molar-refractivity contribution in [1.29, 1.82) is 0 Å². The highest BCUT2D eigenvalue weighted by molar-refractivity contribution is 8.00. The molecular weight excluding hydrogens is 352 g/mol. The lowest BCUT2D eigenvalue weighted by atomic mass is 10.1. The van der Waals surface area contributed by atoms with Gasteiger partial charge in [-0.25, -0.2) is 0 Å². The molecule has 2 rings (SSSR count). The molecule has 1 fully saturated rings. The number of nitrogens with one attached hydrogen (secondary N) is 1. The summed E-state index contributed by atoms with van der Waals surface area (Å²) in [6.07, 6.45) is 2.90. The van der Waals surface area contributed by atoms with Crippen LogP contribution in [0.3, 0.4) is 0 Å². The number of hydrogen-bond acceptors (Lipinski definition) is 5. The summed E-state index contributed by atoms with van der Waals surface area (Å²) >= 11 is 1.37. The number of amides is 3. The van der Waals surface area contributed by atoms with Crippen LogP contribution < -0.4 is 10.1 Å². The molecule has 1 aromatic rings. The number of thioether (sulfide) groups is 1. The van der Waals surface area contributed by atoms with Crippen LogP contribution in [-0.4, -0.2) is 54.3 Å². The van der Waals surface area contributed by atoms with E-state index >= 15 is 0 Å². The Morgan fingerprint density at radius 2 is 1.92 bits per heavy atom. The maximum Gasteiger partial charge on any atom is 0.242 e. The number of likely N-dealkylation sites (tertiary alicyclic amines) is 1. The minimum atomic E-state index is -0.296. The Kier molecular flexibility index (Phi) is 9.80. The first-order valence-corrected chi connectivity index (χ1v) is 10.1. The van der Waals surface area contributed by atoms with Gasteiger partial charge in [0.05, 0.1) is 12.4 Å². The third-order valence-corrected chi connectivity index (χ3v) is 4.88. The molecule has 6 nitrogen and oxygen atoms in total. The van der Waals surface area contributed by atoms with Crippen LogP contribution in [0, 0.1) is 0 Å². The first kappa shape index (κ1) is 22.0. The highest BCUT2D eigenvalue weighted by atomic mass is 32.2. The molecule has 1 saturated heterocycles. The van der Waals surface area contributed by atoms with Gasteiger partial charge >= 0.3 is 0 Å². The van der Waals surface area contributed by atoms with Crippen LogP contribution in [0.25, 0.3) is 0 Å². The van der Waals surface area contributed by atoms with E-state index in [9.17, 15) is 14.4 Å². The normalized spacial score (nSPS) is 16.2. The Morgan fingerprint density at radius 1 is 1.27 bits per heavy atom. The van der Waals surface area contributed by atoms with Crippen molar-refractivity contribution in [2.45, 2.75) is 38.4 Å². The van der Waals surface area contributed by atoms with Crippen molar-refractivity contribution in [3.8, 4) is 5.75 Å². The largest absolute Gasteiger partial charge is 0.497 e. The van der Waals surface area contributed by atoms with Gasteiger partial charge in [-0.3, -0.25) is 19.3 Å². The number of benzene rings is 1. The summed E-state index contributed by atoms with van der Waals surface area (Å²) in [4.78, 5) is 36.8. The molecule has 0 saturated carbocycles. The van der Waals surface area contributed by atoms with E-state index < -0.39 is 0 Å². The van der Waals surface area contributed by atoms with Crippen molar-refractivity contribution in [2.24, 2.45) is 0 Å². The Hall–Kier alpha value is -2.02. The SMILES string of the molecule is CC.COc1ccc(CCNC(=O)CCN2C(=O)CC(SC)C2=O)cc1. The van der Waals surface area contributed by atoms with Gasteiger partial charge in [0.15, 0.2) is 0 Å². The molecular formula is C19H28N2O4S. The maximum absolute atomic E-state index is 12.0. The van der Waals surface area contributed by atoms with Crippen LogP contribution in [0.2, 0.25) is 0 Å². The van der Waals surface area contributed by atoms with E-state index in [1.807, 2.05) is 44.4 Å². The molecule has 0 spiro atoms. The quantitative estimate of drug-likeness (QED) is 0.700. The zero-order valence-corrected chi connectivity index (χ0v) is 16.7. The second kappa shape index (κ2) is 11.6. The van der Waals surface area contributed by atoms with Crippen LogP contribution in [0.15, 0.2) is 24.3 Å². The lowest BCUT2D eigenvalue weighted by Crippen LogP contribution is -2.35. The number of nitrogens with zero attached hydrogens (tertiary/aromatic N) is 1. The molecule has 1 heterocycles. The predicted molar refractivity (Wildman–Crippen MR) is 104 cm³/mol. The number of hydrogen-bond donors (Lipinski definition) is 1. The number of carbonyl (C=O) groups is 3. The molecule has 0 aliphatic carbocycles. The van der Waals surface area contributed by atoms with Crippen molar-refractivity contribution < 1.29 is 19.1 Å². The lowest BCUT2D eigenvalue weighted by Gasteiger charge is -2.14. The van der Waals surface area contributed by atoms with Gasteiger partial charge in [-0.2, -0.15) is 11.8 Å². The number of ether oxygens (including phenoxy) is 1. The lowest BCUT2D eigenvalue weighted by molar-refractivity contribution is -0.138. The molecule has 0 radical (unpaired) electrons. The number of imide groups is 1. The molecule has 1 unspecified atom stereocenters. The van der Waals surface area contributed by atoms with Crippen LogP contribution in [0.4, 0.5) is 0 Å². The Morgan fingerprint density at radius 3 is 2.46 bits per heavy atom. The van der Waals surface area contributed by atoms with Crippen LogP contribution >= 0.6 is 11.8 Å². The maximum atomic E-state index is 12.0. The van der Waals surface area contributed by atoms with Crippen molar-refractivity contribution in [2.75, 3.05) is 26.5 Å². The van der Waals surface area contributed by atoms with Gasteiger partial charge in [0, 0.05) is 25.9 Å². The molecule has 1 N–H and O–H groups in total. The highest BCUT2D eigenvalue weighted by Gasteiger charge is 2.37. The van der Waals surface area contributed by atoms with Gasteiger partial charge in [-0.1, -0.05) is 26.0 Å². The third-order valence-electron chi connectivity index (χ3n) is 3.94. The second-order valence-corrected chi connectivity index (χ2v) is 6.55. The smallest absolute Gasteiger partial charge is 0.242 e. The van der Waals surface area contributed by atoms with E-state index in [0.29, 0.717) is 13.0 Å². The van der Waals surface area contributed by atoms with E-state index in [-0.39, 0.29) is 42.4 Å². The fraction of sp³-hybridized carbons (Fsp3) is 0.526. The highest BCUT2D eigenvalue weighted by Crippen LogP contribution is 2.23. The van der Waals surface area contributed by atoms with Crippen LogP contribution in [-0.2, 0) is 20.8 Å². The first-order chi connectivity index (χ1) is 12.5. The van der Waals surface area contributed by atoms with Gasteiger partial charge in [-0.05, 0) is 30.4 Å². The summed E-state index contributed by atoms with van der Waals surface area (Å²) in [5.41, 5.74) is 1.10. The van der Waals surface area contributed by atoms with Gasteiger partial charge in [0.2, 0.25) is 17.7 Å². The molecule has 1 atom stereocenters. The summed E-state index contributed by atoms with van der Waals surface area (Å²) in [6.45, 7) is 4.67. The summed E-state index contributed by atoms with van der Waals surface area (Å²) in [6, 6.07) is 7.66. The number of rotatable bonds is 8. The molecule has 26 heavy (non-hydrogen) atoms. The van der Waals surface area contributed by atoms with Crippen LogP contribution in [0.5, 0.6) is 5.75 Å². The fourth-order valence-electron chi connectivity index (χ4n) is 2.51. The molecule has 0 aromatic heterocycles. The van der Waals surface area contributed by atoms with Crippen molar-refractivity contribution >= 4 is 29.5 Å². The molecule has 0 bridgehead atoms. The Labute approximate surface area is 159 Å². The number of methoxy groups -OCH3 is 1. The zero-order valence-electron chi connectivity index (χ0n) is 15.9. The Balaban J connectivity index is 0.00000163. The minimum Gasteiger partial charge on any atom is -0.497 e. The monoisotopic (exact) mass is 380 g/mol. The zero-order chi connectivity index (χ0) is 19.5. The van der Waals surface area contributed by atoms with Gasteiger partial charge in [0.1, 0.15) is 5.75 Å². The van der Waals surface area contributed by atoms with Crippen molar-refractivity contribution in [3.05, 3.63) is 29.8 Å². The van der Waals surface area contributed by atoms with E-state index in [0.717, 1.165) is 11.3 Å². The van der Waals surface area contributed by atoms with Gasteiger partial charge < -0.3 is 10.1 Å². The van der Waals surface area contributed by atoms with Crippen LogP contribution in [0.1, 0.15) is 32.3 Å². The predicted octanol–water partition coefficient (Wildman–Crippen LogP) is 2.26. The van der Waals surface area contributed by atoms with Gasteiger partial charge in [-0.15, -0.1) is 0 Å².